The maximum absolute atomic E-state index is 5.96. The van der Waals surface area contributed by atoms with Crippen LogP contribution in [-0.4, -0.2) is 37.0 Å². The first-order valence-electron chi connectivity index (χ1n) is 8.02. The molecule has 0 aromatic heterocycles. The highest BCUT2D eigenvalue weighted by Gasteiger charge is 2.07. The van der Waals surface area contributed by atoms with E-state index in [4.69, 9.17) is 5.73 Å². The normalized spacial score (nSPS) is 16.7. The Bertz CT molecular complexity index is 480. The Morgan fingerprint density at radius 1 is 1.14 bits per heavy atom. The number of aryl methyl sites for hydroxylation is 2. The predicted octanol–water partition coefficient (Wildman–Crippen LogP) is 3.52. The summed E-state index contributed by atoms with van der Waals surface area (Å²) in [5.74, 6) is 0.507. The van der Waals surface area contributed by atoms with Gasteiger partial charge in [-0.2, -0.15) is 0 Å². The number of nitrogens with zero attached hydrogens (tertiary/aromatic N) is 2. The maximum atomic E-state index is 5.96. The summed E-state index contributed by atoms with van der Waals surface area (Å²) < 4.78 is 0. The molecule has 1 saturated heterocycles. The average Bonchev–Trinajstić information content (AvgIpc) is 2.72. The van der Waals surface area contributed by atoms with Gasteiger partial charge < -0.3 is 16.0 Å². The fourth-order valence-corrected chi connectivity index (χ4v) is 2.68. The molecule has 0 saturated carbocycles. The number of hydrogen-bond donors (Lipinski definition) is 2. The number of nitrogens with two attached hydrogens (primary N) is 1. The molecule has 1 heterocycles. The molecule has 0 unspecified atom stereocenters. The summed E-state index contributed by atoms with van der Waals surface area (Å²) in [6, 6.07) is 6.24. The van der Waals surface area contributed by atoms with E-state index in [1.807, 2.05) is 6.07 Å². The highest BCUT2D eigenvalue weighted by molar-refractivity contribution is 14.0. The van der Waals surface area contributed by atoms with Crippen molar-refractivity contribution in [1.29, 1.82) is 0 Å². The van der Waals surface area contributed by atoms with E-state index < -0.39 is 0 Å². The quantitative estimate of drug-likeness (QED) is 0.449. The van der Waals surface area contributed by atoms with Gasteiger partial charge in [-0.15, -0.1) is 24.0 Å². The van der Waals surface area contributed by atoms with Gasteiger partial charge in [0.1, 0.15) is 0 Å². The second kappa shape index (κ2) is 10.0. The van der Waals surface area contributed by atoms with Crippen LogP contribution >= 0.6 is 24.0 Å². The summed E-state index contributed by atoms with van der Waals surface area (Å²) >= 11 is 0. The molecule has 0 radical (unpaired) electrons. The molecule has 0 amide bonds. The van der Waals surface area contributed by atoms with Crippen molar-refractivity contribution in [1.82, 2.24) is 4.90 Å². The van der Waals surface area contributed by atoms with E-state index in [0.29, 0.717) is 5.96 Å². The fourth-order valence-electron chi connectivity index (χ4n) is 2.68. The molecule has 3 N–H and O–H groups in total. The van der Waals surface area contributed by atoms with E-state index in [-0.39, 0.29) is 24.0 Å². The summed E-state index contributed by atoms with van der Waals surface area (Å²) in [6.07, 6.45) is 5.38. The first-order chi connectivity index (χ1) is 10.1. The molecule has 0 atom stereocenters. The second-order valence-corrected chi connectivity index (χ2v) is 5.95. The summed E-state index contributed by atoms with van der Waals surface area (Å²) in [5.41, 5.74) is 9.52. The molecule has 4 nitrogen and oxygen atoms in total. The van der Waals surface area contributed by atoms with Gasteiger partial charge in [-0.1, -0.05) is 18.9 Å². The van der Waals surface area contributed by atoms with Crippen LogP contribution in [-0.2, 0) is 0 Å². The Morgan fingerprint density at radius 3 is 2.45 bits per heavy atom. The molecule has 1 aromatic carbocycles. The van der Waals surface area contributed by atoms with Gasteiger partial charge in [-0.25, -0.2) is 0 Å². The molecule has 2 rings (SSSR count). The van der Waals surface area contributed by atoms with Crippen LogP contribution in [0.15, 0.2) is 23.2 Å². The number of halogens is 1. The molecular weight excluding hydrogens is 387 g/mol. The Labute approximate surface area is 151 Å². The van der Waals surface area contributed by atoms with Crippen molar-refractivity contribution >= 4 is 35.6 Å². The zero-order chi connectivity index (χ0) is 15.1. The number of aliphatic imine (C=N–C) groups is 1. The lowest BCUT2D eigenvalue weighted by molar-refractivity contribution is 0.293. The highest BCUT2D eigenvalue weighted by atomic mass is 127. The third-order valence-corrected chi connectivity index (χ3v) is 4.18. The number of guanidine groups is 1. The van der Waals surface area contributed by atoms with E-state index >= 15 is 0 Å². The number of nitrogens with one attached hydrogen (secondary N) is 1. The zero-order valence-electron chi connectivity index (χ0n) is 13.8. The van der Waals surface area contributed by atoms with Crippen LogP contribution < -0.4 is 11.1 Å². The summed E-state index contributed by atoms with van der Waals surface area (Å²) in [4.78, 5) is 6.94. The Kier molecular flexibility index (Phi) is 8.78. The average molecular weight is 416 g/mol. The molecule has 1 aliphatic heterocycles. The van der Waals surface area contributed by atoms with Crippen molar-refractivity contribution in [2.24, 2.45) is 10.7 Å². The summed E-state index contributed by atoms with van der Waals surface area (Å²) in [6.45, 7) is 8.41. The van der Waals surface area contributed by atoms with Gasteiger partial charge >= 0.3 is 0 Å². The van der Waals surface area contributed by atoms with Crippen LogP contribution in [0.4, 0.5) is 5.69 Å². The number of anilines is 1. The standard InChI is InChI=1S/C17H28N4.HI/c1-14-7-8-16(13-15(14)2)20-17(18)19-9-12-21-10-5-3-4-6-11-21;/h7-8,13H,3-6,9-12H2,1-2H3,(H3,18,19,20);1H. The molecule has 0 bridgehead atoms. The number of hydrogen-bond acceptors (Lipinski definition) is 2. The largest absolute Gasteiger partial charge is 0.370 e. The van der Waals surface area contributed by atoms with Gasteiger partial charge in [0.05, 0.1) is 6.54 Å². The number of likely N-dealkylation sites (tertiary alicyclic amines) is 1. The fraction of sp³-hybridized carbons (Fsp3) is 0.588. The van der Waals surface area contributed by atoms with Gasteiger partial charge in [0, 0.05) is 12.2 Å². The van der Waals surface area contributed by atoms with Crippen molar-refractivity contribution in [2.45, 2.75) is 39.5 Å². The third-order valence-electron chi connectivity index (χ3n) is 4.18. The van der Waals surface area contributed by atoms with Crippen molar-refractivity contribution in [3.05, 3.63) is 29.3 Å². The van der Waals surface area contributed by atoms with E-state index in [0.717, 1.165) is 18.8 Å². The molecule has 124 valence electrons. The highest BCUT2D eigenvalue weighted by Crippen LogP contribution is 2.13. The SMILES string of the molecule is Cc1ccc(NC(N)=NCCN2CCCCCC2)cc1C.I. The minimum absolute atomic E-state index is 0. The van der Waals surface area contributed by atoms with Crippen LogP contribution in [0.3, 0.4) is 0 Å². The van der Waals surface area contributed by atoms with E-state index in [1.54, 1.807) is 0 Å². The van der Waals surface area contributed by atoms with Gasteiger partial charge in [0.2, 0.25) is 0 Å². The van der Waals surface area contributed by atoms with Crippen LogP contribution in [0.2, 0.25) is 0 Å². The molecule has 1 fully saturated rings. The zero-order valence-corrected chi connectivity index (χ0v) is 16.1. The van der Waals surface area contributed by atoms with E-state index in [9.17, 15) is 0 Å². The van der Waals surface area contributed by atoms with Crippen molar-refractivity contribution in [3.63, 3.8) is 0 Å². The Morgan fingerprint density at radius 2 is 1.82 bits per heavy atom. The third kappa shape index (κ3) is 6.52. The first kappa shape index (κ1) is 19.2. The van der Waals surface area contributed by atoms with Crippen LogP contribution in [0.5, 0.6) is 0 Å². The molecule has 0 aliphatic carbocycles. The molecule has 22 heavy (non-hydrogen) atoms. The number of benzene rings is 1. The number of rotatable bonds is 4. The lowest BCUT2D eigenvalue weighted by Gasteiger charge is -2.18. The molecular formula is C17H29IN4. The molecule has 0 spiro atoms. The smallest absolute Gasteiger partial charge is 0.193 e. The molecule has 5 heteroatoms. The lowest BCUT2D eigenvalue weighted by atomic mass is 10.1. The Balaban J connectivity index is 0.00000242. The van der Waals surface area contributed by atoms with E-state index in [1.165, 1.54) is 49.9 Å². The van der Waals surface area contributed by atoms with Gasteiger partial charge in [0.15, 0.2) is 5.96 Å². The van der Waals surface area contributed by atoms with Crippen molar-refractivity contribution in [3.8, 4) is 0 Å². The Hall–Kier alpha value is -0.820. The monoisotopic (exact) mass is 416 g/mol. The molecule has 1 aromatic rings. The van der Waals surface area contributed by atoms with Gasteiger partial charge in [-0.05, 0) is 63.0 Å². The van der Waals surface area contributed by atoms with Crippen LogP contribution in [0, 0.1) is 13.8 Å². The van der Waals surface area contributed by atoms with Gasteiger partial charge in [-0.3, -0.25) is 4.99 Å². The molecule has 1 aliphatic rings. The minimum Gasteiger partial charge on any atom is -0.370 e. The lowest BCUT2D eigenvalue weighted by Crippen LogP contribution is -2.29. The van der Waals surface area contributed by atoms with Crippen molar-refractivity contribution in [2.75, 3.05) is 31.5 Å². The topological polar surface area (TPSA) is 53.6 Å². The first-order valence-corrected chi connectivity index (χ1v) is 8.02. The predicted molar refractivity (Wildman–Crippen MR) is 106 cm³/mol. The summed E-state index contributed by atoms with van der Waals surface area (Å²) in [7, 11) is 0. The summed E-state index contributed by atoms with van der Waals surface area (Å²) in [5, 5.41) is 3.17. The maximum Gasteiger partial charge on any atom is 0.193 e. The van der Waals surface area contributed by atoms with Crippen LogP contribution in [0.1, 0.15) is 36.8 Å². The van der Waals surface area contributed by atoms with Crippen molar-refractivity contribution < 1.29 is 0 Å². The van der Waals surface area contributed by atoms with Gasteiger partial charge in [0.25, 0.3) is 0 Å². The van der Waals surface area contributed by atoms with Crippen LogP contribution in [0.25, 0.3) is 0 Å². The van der Waals surface area contributed by atoms with E-state index in [2.05, 4.69) is 41.2 Å². The second-order valence-electron chi connectivity index (χ2n) is 5.95. The minimum atomic E-state index is 0.